The molecule has 33 heavy (non-hydrogen) atoms. The third-order valence-electron chi connectivity index (χ3n) is 6.06. The number of hydrogen-bond acceptors (Lipinski definition) is 5. The van der Waals surface area contributed by atoms with Crippen LogP contribution >= 0.6 is 0 Å². The molecule has 0 bridgehead atoms. The van der Waals surface area contributed by atoms with Gasteiger partial charge in [-0.3, -0.25) is 9.36 Å². The van der Waals surface area contributed by atoms with Crippen LogP contribution in [0.3, 0.4) is 0 Å². The molecule has 0 saturated carbocycles. The number of halogens is 3. The summed E-state index contributed by atoms with van der Waals surface area (Å²) >= 11 is 0. The second-order valence-electron chi connectivity index (χ2n) is 8.15. The van der Waals surface area contributed by atoms with E-state index in [0.717, 1.165) is 37.0 Å². The topological polar surface area (TPSA) is 65.4 Å². The van der Waals surface area contributed by atoms with Crippen LogP contribution < -0.4 is 14.8 Å². The summed E-state index contributed by atoms with van der Waals surface area (Å²) < 4.78 is 50.4. The van der Waals surface area contributed by atoms with Crippen LogP contribution in [0.5, 0.6) is 11.5 Å². The van der Waals surface area contributed by atoms with Crippen molar-refractivity contribution >= 4 is 16.8 Å². The number of nitrogens with one attached hydrogen (secondary N) is 1. The van der Waals surface area contributed by atoms with Gasteiger partial charge in [-0.15, -0.1) is 0 Å². The van der Waals surface area contributed by atoms with E-state index >= 15 is 0 Å². The normalized spacial score (nSPS) is 15.1. The Balaban J connectivity index is 1.69. The Morgan fingerprint density at radius 2 is 1.79 bits per heavy atom. The molecule has 9 heteroatoms. The van der Waals surface area contributed by atoms with Gasteiger partial charge in [-0.25, -0.2) is 4.98 Å². The highest BCUT2D eigenvalue weighted by Gasteiger charge is 2.30. The first-order valence-electron chi connectivity index (χ1n) is 10.8. The predicted molar refractivity (Wildman–Crippen MR) is 119 cm³/mol. The number of methoxy groups -OCH3 is 2. The summed E-state index contributed by atoms with van der Waals surface area (Å²) in [4.78, 5) is 17.1. The largest absolute Gasteiger partial charge is 0.496 e. The number of hydrogen-bond donors (Lipinski definition) is 1. The maximum atomic E-state index is 12.6. The van der Waals surface area contributed by atoms with Crippen molar-refractivity contribution in [1.29, 1.82) is 0 Å². The molecule has 4 rings (SSSR count). The van der Waals surface area contributed by atoms with E-state index in [9.17, 15) is 18.0 Å². The fraction of sp³-hybridized carbons (Fsp3) is 0.417. The molecule has 0 atom stereocenters. The number of rotatable bonds is 7. The third kappa shape index (κ3) is 4.98. The Kier molecular flexibility index (Phi) is 6.60. The van der Waals surface area contributed by atoms with E-state index in [0.29, 0.717) is 11.6 Å². The first-order chi connectivity index (χ1) is 15.8. The SMILES string of the molecule is COc1cc(-n2cnc3cc(C4CCNCC4)ccc32)cc(OC)c1C(=O)CCC(F)(F)F. The van der Waals surface area contributed by atoms with Crippen LogP contribution in [0.1, 0.15) is 47.5 Å². The molecule has 176 valence electrons. The molecule has 1 aliphatic rings. The molecule has 3 aromatic rings. The molecule has 1 N–H and O–H groups in total. The number of imidazole rings is 1. The van der Waals surface area contributed by atoms with Crippen molar-refractivity contribution in [2.45, 2.75) is 37.8 Å². The molecular weight excluding hydrogens is 435 g/mol. The number of ketones is 1. The Hall–Kier alpha value is -3.07. The van der Waals surface area contributed by atoms with Crippen LogP contribution in [0.25, 0.3) is 16.7 Å². The summed E-state index contributed by atoms with van der Waals surface area (Å²) in [6, 6.07) is 9.46. The molecule has 1 saturated heterocycles. The second-order valence-corrected chi connectivity index (χ2v) is 8.15. The number of fused-ring (bicyclic) bond motifs is 1. The average Bonchev–Trinajstić information content (AvgIpc) is 3.25. The number of ether oxygens (including phenoxy) is 2. The van der Waals surface area contributed by atoms with E-state index in [1.807, 2.05) is 10.6 Å². The van der Waals surface area contributed by atoms with Crippen molar-refractivity contribution in [3.05, 3.63) is 47.8 Å². The fourth-order valence-electron chi connectivity index (χ4n) is 4.34. The first-order valence-corrected chi connectivity index (χ1v) is 10.8. The average molecular weight is 461 g/mol. The number of nitrogens with zero attached hydrogens (tertiary/aromatic N) is 2. The van der Waals surface area contributed by atoms with E-state index < -0.39 is 24.8 Å². The zero-order valence-corrected chi connectivity index (χ0v) is 18.5. The molecule has 0 amide bonds. The fourth-order valence-corrected chi connectivity index (χ4v) is 4.34. The van der Waals surface area contributed by atoms with Crippen molar-refractivity contribution in [2.24, 2.45) is 0 Å². The minimum absolute atomic E-state index is 0.00520. The highest BCUT2D eigenvalue weighted by Crippen LogP contribution is 2.36. The minimum Gasteiger partial charge on any atom is -0.496 e. The van der Waals surface area contributed by atoms with Crippen molar-refractivity contribution in [3.8, 4) is 17.2 Å². The number of benzene rings is 2. The van der Waals surface area contributed by atoms with E-state index in [2.05, 4.69) is 22.4 Å². The Morgan fingerprint density at radius 1 is 1.12 bits per heavy atom. The van der Waals surface area contributed by atoms with Crippen LogP contribution in [-0.4, -0.2) is 48.8 Å². The summed E-state index contributed by atoms with van der Waals surface area (Å²) in [5.41, 5.74) is 3.61. The lowest BCUT2D eigenvalue weighted by atomic mass is 9.90. The van der Waals surface area contributed by atoms with Gasteiger partial charge in [-0.2, -0.15) is 13.2 Å². The molecule has 0 aliphatic carbocycles. The lowest BCUT2D eigenvalue weighted by Crippen LogP contribution is -2.26. The summed E-state index contributed by atoms with van der Waals surface area (Å²) in [5.74, 6) is 0.132. The van der Waals surface area contributed by atoms with Gasteiger partial charge in [0.1, 0.15) is 23.4 Å². The van der Waals surface area contributed by atoms with E-state index in [-0.39, 0.29) is 17.1 Å². The van der Waals surface area contributed by atoms with Gasteiger partial charge in [0, 0.05) is 18.6 Å². The van der Waals surface area contributed by atoms with Gasteiger partial charge in [0.2, 0.25) is 0 Å². The molecule has 1 fully saturated rings. The van der Waals surface area contributed by atoms with Gasteiger partial charge in [-0.05, 0) is 49.5 Å². The quantitative estimate of drug-likeness (QED) is 0.500. The highest BCUT2D eigenvalue weighted by molar-refractivity contribution is 6.01. The standard InChI is InChI=1S/C24H26F3N3O3/c1-32-21-12-17(13-22(33-2)23(21)20(31)5-8-24(25,26)27)30-14-29-18-11-16(3-4-19(18)30)15-6-9-28-10-7-15/h3-4,11-15,28H,5-10H2,1-2H3. The molecule has 2 aromatic carbocycles. The van der Waals surface area contributed by atoms with Crippen molar-refractivity contribution in [1.82, 2.24) is 14.9 Å². The number of carbonyl (C=O) groups is 1. The zero-order chi connectivity index (χ0) is 23.6. The number of Topliss-reactive ketones (excluding diaryl/α,β-unsaturated/α-hetero) is 1. The minimum atomic E-state index is -4.42. The van der Waals surface area contributed by atoms with Crippen LogP contribution in [0.2, 0.25) is 0 Å². The molecule has 0 radical (unpaired) electrons. The number of carbonyl (C=O) groups excluding carboxylic acids is 1. The van der Waals surface area contributed by atoms with Gasteiger partial charge >= 0.3 is 6.18 Å². The predicted octanol–water partition coefficient (Wildman–Crippen LogP) is 5.03. The van der Waals surface area contributed by atoms with Crippen LogP contribution in [-0.2, 0) is 0 Å². The lowest BCUT2D eigenvalue weighted by molar-refractivity contribution is -0.133. The van der Waals surface area contributed by atoms with E-state index in [1.165, 1.54) is 19.8 Å². The van der Waals surface area contributed by atoms with Crippen LogP contribution in [0.4, 0.5) is 13.2 Å². The molecule has 6 nitrogen and oxygen atoms in total. The van der Waals surface area contributed by atoms with Gasteiger partial charge in [0.05, 0.1) is 37.4 Å². The summed E-state index contributed by atoms with van der Waals surface area (Å²) in [6.45, 7) is 2.01. The van der Waals surface area contributed by atoms with Crippen LogP contribution in [0.15, 0.2) is 36.7 Å². The van der Waals surface area contributed by atoms with Gasteiger partial charge < -0.3 is 14.8 Å². The zero-order valence-electron chi connectivity index (χ0n) is 18.5. The smallest absolute Gasteiger partial charge is 0.389 e. The van der Waals surface area contributed by atoms with Crippen molar-refractivity contribution in [3.63, 3.8) is 0 Å². The van der Waals surface area contributed by atoms with Crippen molar-refractivity contribution in [2.75, 3.05) is 27.3 Å². The summed E-state index contributed by atoms with van der Waals surface area (Å²) in [6.07, 6.45) is -2.45. The van der Waals surface area contributed by atoms with Gasteiger partial charge in [0.15, 0.2) is 5.78 Å². The Bertz CT molecular complexity index is 1130. The number of alkyl halides is 3. The third-order valence-corrected chi connectivity index (χ3v) is 6.06. The Labute approximate surface area is 189 Å². The number of piperidine rings is 1. The summed E-state index contributed by atoms with van der Waals surface area (Å²) in [5, 5.41) is 3.37. The molecule has 1 aliphatic heterocycles. The monoisotopic (exact) mass is 461 g/mol. The van der Waals surface area contributed by atoms with Gasteiger partial charge in [0.25, 0.3) is 0 Å². The second kappa shape index (κ2) is 9.43. The Morgan fingerprint density at radius 3 is 2.39 bits per heavy atom. The first kappa shape index (κ1) is 23.1. The van der Waals surface area contributed by atoms with E-state index in [4.69, 9.17) is 9.47 Å². The van der Waals surface area contributed by atoms with Crippen molar-refractivity contribution < 1.29 is 27.4 Å². The molecular formula is C24H26F3N3O3. The summed E-state index contributed by atoms with van der Waals surface area (Å²) in [7, 11) is 2.74. The molecule has 0 unspecified atom stereocenters. The molecule has 1 aromatic heterocycles. The van der Waals surface area contributed by atoms with Crippen LogP contribution in [0, 0.1) is 0 Å². The number of aromatic nitrogens is 2. The highest BCUT2D eigenvalue weighted by atomic mass is 19.4. The maximum Gasteiger partial charge on any atom is 0.389 e. The maximum absolute atomic E-state index is 12.6. The molecule has 2 heterocycles. The molecule has 0 spiro atoms. The van der Waals surface area contributed by atoms with Gasteiger partial charge in [-0.1, -0.05) is 6.07 Å². The van der Waals surface area contributed by atoms with E-state index in [1.54, 1.807) is 18.5 Å². The lowest BCUT2D eigenvalue weighted by Gasteiger charge is -2.23.